The van der Waals surface area contributed by atoms with Gasteiger partial charge in [0.1, 0.15) is 5.60 Å². The molecular formula is C18H20ClNO. The van der Waals surface area contributed by atoms with E-state index in [0.717, 1.165) is 17.1 Å². The Hall–Kier alpha value is -1.51. The smallest absolute Gasteiger partial charge is 0.129 e. The van der Waals surface area contributed by atoms with E-state index in [9.17, 15) is 0 Å². The van der Waals surface area contributed by atoms with Gasteiger partial charge in [-0.05, 0) is 61.8 Å². The summed E-state index contributed by atoms with van der Waals surface area (Å²) in [5.74, 6) is 0. The molecule has 1 aromatic rings. The molecule has 3 heteroatoms. The lowest BCUT2D eigenvalue weighted by Gasteiger charge is -2.35. The Morgan fingerprint density at radius 3 is 2.67 bits per heavy atom. The van der Waals surface area contributed by atoms with E-state index >= 15 is 0 Å². The Labute approximate surface area is 131 Å². The number of benzene rings is 1. The summed E-state index contributed by atoms with van der Waals surface area (Å²) in [5.41, 5.74) is 3.31. The van der Waals surface area contributed by atoms with Crippen molar-refractivity contribution in [2.75, 3.05) is 5.32 Å². The third-order valence-electron chi connectivity index (χ3n) is 4.55. The summed E-state index contributed by atoms with van der Waals surface area (Å²) in [5, 5.41) is 4.32. The number of fused-ring (bicyclic) bond motifs is 2. The van der Waals surface area contributed by atoms with Crippen molar-refractivity contribution in [2.24, 2.45) is 0 Å². The predicted molar refractivity (Wildman–Crippen MR) is 88.8 cm³/mol. The molecule has 0 spiro atoms. The fraction of sp³-hybridized carbons (Fsp3) is 0.333. The van der Waals surface area contributed by atoms with E-state index < -0.39 is 0 Å². The average Bonchev–Trinajstić information content (AvgIpc) is 3.02. The molecule has 0 amide bonds. The summed E-state index contributed by atoms with van der Waals surface area (Å²) < 4.78 is 6.27. The summed E-state index contributed by atoms with van der Waals surface area (Å²) >= 11 is 5.95. The molecule has 0 aliphatic carbocycles. The topological polar surface area (TPSA) is 21.3 Å². The summed E-state index contributed by atoms with van der Waals surface area (Å²) in [4.78, 5) is 0. The van der Waals surface area contributed by atoms with Crippen molar-refractivity contribution in [3.63, 3.8) is 0 Å². The molecule has 2 aliphatic rings. The van der Waals surface area contributed by atoms with Crippen LogP contribution in [0.15, 0.2) is 60.2 Å². The van der Waals surface area contributed by atoms with Gasteiger partial charge in [-0.15, -0.1) is 6.58 Å². The van der Waals surface area contributed by atoms with Gasteiger partial charge in [0.05, 0.1) is 12.1 Å². The molecule has 3 atom stereocenters. The lowest BCUT2D eigenvalue weighted by Crippen LogP contribution is -2.45. The molecule has 2 bridgehead atoms. The Balaban J connectivity index is 1.90. The Kier molecular flexibility index (Phi) is 3.68. The van der Waals surface area contributed by atoms with Crippen molar-refractivity contribution in [1.29, 1.82) is 0 Å². The minimum absolute atomic E-state index is 0.120. The fourth-order valence-electron chi connectivity index (χ4n) is 3.20. The molecule has 2 nitrogen and oxygen atoms in total. The van der Waals surface area contributed by atoms with Gasteiger partial charge in [-0.1, -0.05) is 23.8 Å². The van der Waals surface area contributed by atoms with Crippen molar-refractivity contribution in [3.05, 3.63) is 65.2 Å². The van der Waals surface area contributed by atoms with Crippen LogP contribution in [0.4, 0.5) is 5.69 Å². The standard InChI is InChI=1S/C18H20ClNO/c1-4-5-17(20-15-8-6-14(19)7-9-15)18-11-10-16(21-18)12(2)13(18)3/h4,6-11,16-17,20H,1,5H2,2-3H3/t16?,17-,18?/m0/s1. The van der Waals surface area contributed by atoms with Crippen molar-refractivity contribution < 1.29 is 4.74 Å². The van der Waals surface area contributed by atoms with Gasteiger partial charge in [0, 0.05) is 10.7 Å². The highest BCUT2D eigenvalue weighted by Crippen LogP contribution is 2.46. The largest absolute Gasteiger partial charge is 0.378 e. The Morgan fingerprint density at radius 2 is 2.10 bits per heavy atom. The van der Waals surface area contributed by atoms with E-state index in [1.807, 2.05) is 30.3 Å². The van der Waals surface area contributed by atoms with Crippen LogP contribution in [0.2, 0.25) is 5.02 Å². The van der Waals surface area contributed by atoms with Crippen LogP contribution in [0.25, 0.3) is 0 Å². The normalized spacial score (nSPS) is 28.0. The average molecular weight is 302 g/mol. The molecule has 1 N–H and O–H groups in total. The quantitative estimate of drug-likeness (QED) is 0.793. The number of anilines is 1. The predicted octanol–water partition coefficient (Wildman–Crippen LogP) is 4.74. The minimum Gasteiger partial charge on any atom is -0.378 e. The fourth-order valence-corrected chi connectivity index (χ4v) is 3.33. The van der Waals surface area contributed by atoms with Crippen LogP contribution in [-0.4, -0.2) is 17.7 Å². The second-order valence-corrected chi connectivity index (χ2v) is 6.16. The molecular weight excluding hydrogens is 282 g/mol. The number of hydrogen-bond donors (Lipinski definition) is 1. The molecule has 2 heterocycles. The van der Waals surface area contributed by atoms with E-state index in [-0.39, 0.29) is 17.7 Å². The van der Waals surface area contributed by atoms with Gasteiger partial charge in [0.15, 0.2) is 0 Å². The van der Waals surface area contributed by atoms with Gasteiger partial charge in [-0.25, -0.2) is 0 Å². The summed E-state index contributed by atoms with van der Waals surface area (Å²) in [6.45, 7) is 8.21. The summed E-state index contributed by atoms with van der Waals surface area (Å²) in [6.07, 6.45) is 7.24. The maximum absolute atomic E-state index is 6.27. The van der Waals surface area contributed by atoms with E-state index in [0.29, 0.717) is 0 Å². The highest BCUT2D eigenvalue weighted by molar-refractivity contribution is 6.30. The van der Waals surface area contributed by atoms with Gasteiger partial charge in [-0.2, -0.15) is 0 Å². The Morgan fingerprint density at radius 1 is 1.38 bits per heavy atom. The first-order valence-electron chi connectivity index (χ1n) is 7.25. The molecule has 110 valence electrons. The van der Waals surface area contributed by atoms with Crippen molar-refractivity contribution >= 4 is 17.3 Å². The second-order valence-electron chi connectivity index (χ2n) is 5.73. The van der Waals surface area contributed by atoms with E-state index in [1.165, 1.54) is 11.1 Å². The van der Waals surface area contributed by atoms with Crippen molar-refractivity contribution in [2.45, 2.75) is 38.0 Å². The molecule has 0 aromatic heterocycles. The van der Waals surface area contributed by atoms with Crippen LogP contribution >= 0.6 is 11.6 Å². The van der Waals surface area contributed by atoms with Crippen LogP contribution in [0.3, 0.4) is 0 Å². The highest BCUT2D eigenvalue weighted by Gasteiger charge is 2.50. The van der Waals surface area contributed by atoms with E-state index in [4.69, 9.17) is 16.3 Å². The van der Waals surface area contributed by atoms with Crippen LogP contribution in [0, 0.1) is 0 Å². The van der Waals surface area contributed by atoms with E-state index in [1.54, 1.807) is 0 Å². The summed E-state index contributed by atoms with van der Waals surface area (Å²) in [6, 6.07) is 7.89. The third-order valence-corrected chi connectivity index (χ3v) is 4.80. The minimum atomic E-state index is -0.359. The number of ether oxygens (including phenoxy) is 1. The third kappa shape index (κ3) is 2.33. The maximum Gasteiger partial charge on any atom is 0.129 e. The number of nitrogens with one attached hydrogen (secondary N) is 1. The molecule has 0 saturated carbocycles. The maximum atomic E-state index is 6.27. The lowest BCUT2D eigenvalue weighted by atomic mass is 9.81. The molecule has 3 rings (SSSR count). The van der Waals surface area contributed by atoms with Crippen LogP contribution in [-0.2, 0) is 4.74 Å². The number of halogens is 1. The molecule has 21 heavy (non-hydrogen) atoms. The van der Waals surface area contributed by atoms with Crippen LogP contribution < -0.4 is 5.32 Å². The number of hydrogen-bond acceptors (Lipinski definition) is 2. The highest BCUT2D eigenvalue weighted by atomic mass is 35.5. The molecule has 2 unspecified atom stereocenters. The van der Waals surface area contributed by atoms with Crippen LogP contribution in [0.1, 0.15) is 20.3 Å². The van der Waals surface area contributed by atoms with E-state index in [2.05, 4.69) is 37.9 Å². The van der Waals surface area contributed by atoms with Gasteiger partial charge in [0.2, 0.25) is 0 Å². The van der Waals surface area contributed by atoms with Crippen LogP contribution in [0.5, 0.6) is 0 Å². The zero-order chi connectivity index (χ0) is 15.0. The van der Waals surface area contributed by atoms with Gasteiger partial charge >= 0.3 is 0 Å². The van der Waals surface area contributed by atoms with Gasteiger partial charge in [0.25, 0.3) is 0 Å². The Bertz CT molecular complexity index is 617. The zero-order valence-electron chi connectivity index (χ0n) is 12.4. The molecule has 0 fully saturated rings. The second kappa shape index (κ2) is 5.36. The summed E-state index contributed by atoms with van der Waals surface area (Å²) in [7, 11) is 0. The molecule has 2 aliphatic heterocycles. The first kappa shape index (κ1) is 14.4. The van der Waals surface area contributed by atoms with Gasteiger partial charge < -0.3 is 10.1 Å². The first-order chi connectivity index (χ1) is 10.1. The SMILES string of the molecule is C=CC[C@H](Nc1ccc(Cl)cc1)C12C=CC(O1)C(C)=C2C. The number of rotatable bonds is 5. The lowest BCUT2D eigenvalue weighted by molar-refractivity contribution is 0.0284. The zero-order valence-corrected chi connectivity index (χ0v) is 13.2. The van der Waals surface area contributed by atoms with Gasteiger partial charge in [-0.3, -0.25) is 0 Å². The molecule has 0 saturated heterocycles. The molecule has 1 aromatic carbocycles. The first-order valence-corrected chi connectivity index (χ1v) is 7.62. The van der Waals surface area contributed by atoms with Crippen molar-refractivity contribution in [1.82, 2.24) is 0 Å². The monoisotopic (exact) mass is 301 g/mol. The molecule has 0 radical (unpaired) electrons. The van der Waals surface area contributed by atoms with Crippen molar-refractivity contribution in [3.8, 4) is 0 Å².